The van der Waals surface area contributed by atoms with Crippen LogP contribution in [0.1, 0.15) is 46.9 Å². The minimum Gasteiger partial charge on any atom is -0.508 e. The maximum Gasteiger partial charge on any atom is 0.115 e. The molecule has 3 nitrogen and oxygen atoms in total. The van der Waals surface area contributed by atoms with Gasteiger partial charge in [-0.2, -0.15) is 0 Å². The molecule has 4 heteroatoms. The van der Waals surface area contributed by atoms with Crippen LogP contribution in [0.5, 0.6) is 5.75 Å². The van der Waals surface area contributed by atoms with Crippen LogP contribution in [-0.2, 0) is 6.42 Å². The molecule has 0 bridgehead atoms. The number of phenols is 1. The lowest BCUT2D eigenvalue weighted by atomic mass is 9.69. The Kier molecular flexibility index (Phi) is 6.63. The van der Waals surface area contributed by atoms with Gasteiger partial charge >= 0.3 is 0 Å². The second kappa shape index (κ2) is 9.96. The highest BCUT2D eigenvalue weighted by molar-refractivity contribution is 5.51. The lowest BCUT2D eigenvalue weighted by Gasteiger charge is -2.35. The number of hydrogen-bond acceptors (Lipinski definition) is 3. The lowest BCUT2D eigenvalue weighted by Crippen LogP contribution is -2.27. The Hall–Kier alpha value is -2.85. The van der Waals surface area contributed by atoms with Gasteiger partial charge in [-0.3, -0.25) is 4.39 Å². The molecule has 1 heterocycles. The van der Waals surface area contributed by atoms with Gasteiger partial charge in [0.05, 0.1) is 6.67 Å². The van der Waals surface area contributed by atoms with Crippen molar-refractivity contribution in [2.45, 2.75) is 31.1 Å². The number of alkyl halides is 1. The summed E-state index contributed by atoms with van der Waals surface area (Å²) in [6.07, 6.45) is 3.04. The highest BCUT2D eigenvalue weighted by atomic mass is 19.1. The molecule has 1 unspecified atom stereocenters. The summed E-state index contributed by atoms with van der Waals surface area (Å²) >= 11 is 0. The van der Waals surface area contributed by atoms with Gasteiger partial charge < -0.3 is 15.3 Å². The van der Waals surface area contributed by atoms with Crippen molar-refractivity contribution in [1.82, 2.24) is 4.90 Å². The van der Waals surface area contributed by atoms with Crippen molar-refractivity contribution in [2.75, 3.05) is 38.2 Å². The first-order valence-corrected chi connectivity index (χ1v) is 12.2. The van der Waals surface area contributed by atoms with Crippen LogP contribution < -0.4 is 5.32 Å². The first kappa shape index (κ1) is 22.0. The van der Waals surface area contributed by atoms with Crippen molar-refractivity contribution in [3.05, 3.63) is 95.1 Å². The van der Waals surface area contributed by atoms with Gasteiger partial charge in [0.15, 0.2) is 0 Å². The minimum atomic E-state index is -0.195. The standard InChI is InChI=1S/C29H33FN2O/c30-19-21-14-16-32(20-21)17-15-31-25-9-6-23(7-10-25)29-27(22-4-2-1-3-5-22)12-8-24-18-26(33)11-13-28(24)29/h1-7,9-11,13,18,21,27,29,31,33H,8,12,14-17,19-20H2/t21?,27-,29+/m0/s1. The summed E-state index contributed by atoms with van der Waals surface area (Å²) in [6, 6.07) is 25.5. The number of nitrogens with one attached hydrogen (secondary N) is 1. The molecule has 2 N–H and O–H groups in total. The third kappa shape index (κ3) is 4.91. The van der Waals surface area contributed by atoms with Crippen molar-refractivity contribution in [3.63, 3.8) is 0 Å². The van der Waals surface area contributed by atoms with E-state index in [0.717, 1.165) is 51.1 Å². The number of fused-ring (bicyclic) bond motifs is 1. The molecule has 2 aliphatic rings. The third-order valence-corrected chi connectivity index (χ3v) is 7.43. The van der Waals surface area contributed by atoms with E-state index in [1.165, 1.54) is 22.3 Å². The molecular weight excluding hydrogens is 411 g/mol. The fraction of sp³-hybridized carbons (Fsp3) is 0.379. The van der Waals surface area contributed by atoms with Crippen molar-refractivity contribution >= 4 is 5.69 Å². The zero-order valence-electron chi connectivity index (χ0n) is 19.1. The van der Waals surface area contributed by atoms with Crippen molar-refractivity contribution in [2.24, 2.45) is 5.92 Å². The molecule has 0 saturated carbocycles. The predicted octanol–water partition coefficient (Wildman–Crippen LogP) is 5.96. The number of rotatable bonds is 7. The Morgan fingerprint density at radius 2 is 1.76 bits per heavy atom. The number of halogens is 1. The summed E-state index contributed by atoms with van der Waals surface area (Å²) in [5.41, 5.74) is 6.39. The Labute approximate surface area is 196 Å². The van der Waals surface area contributed by atoms with Crippen LogP contribution in [0.3, 0.4) is 0 Å². The molecule has 172 valence electrons. The number of likely N-dealkylation sites (tertiary alicyclic amines) is 1. The summed E-state index contributed by atoms with van der Waals surface area (Å²) in [5.74, 6) is 1.26. The molecule has 33 heavy (non-hydrogen) atoms. The number of nitrogens with zero attached hydrogens (tertiary/aromatic N) is 1. The zero-order chi connectivity index (χ0) is 22.6. The van der Waals surface area contributed by atoms with E-state index in [9.17, 15) is 9.50 Å². The van der Waals surface area contributed by atoms with Gasteiger partial charge in [-0.15, -0.1) is 0 Å². The molecule has 1 fully saturated rings. The number of anilines is 1. The van der Waals surface area contributed by atoms with Gasteiger partial charge in [-0.1, -0.05) is 48.5 Å². The van der Waals surface area contributed by atoms with Crippen LogP contribution in [0.15, 0.2) is 72.8 Å². The van der Waals surface area contributed by atoms with Gasteiger partial charge in [-0.25, -0.2) is 0 Å². The number of aromatic hydroxyl groups is 1. The van der Waals surface area contributed by atoms with Gasteiger partial charge in [0.1, 0.15) is 5.75 Å². The van der Waals surface area contributed by atoms with Crippen LogP contribution in [0.4, 0.5) is 10.1 Å². The summed E-state index contributed by atoms with van der Waals surface area (Å²) in [4.78, 5) is 2.35. The monoisotopic (exact) mass is 444 g/mol. The number of hydrogen-bond donors (Lipinski definition) is 2. The molecule has 0 spiro atoms. The van der Waals surface area contributed by atoms with E-state index in [0.29, 0.717) is 11.7 Å². The second-order valence-electron chi connectivity index (χ2n) is 9.58. The molecular formula is C29H33FN2O. The van der Waals surface area contributed by atoms with E-state index in [4.69, 9.17) is 0 Å². The molecule has 1 aliphatic heterocycles. The minimum absolute atomic E-state index is 0.195. The van der Waals surface area contributed by atoms with E-state index in [2.05, 4.69) is 70.9 Å². The third-order valence-electron chi connectivity index (χ3n) is 7.43. The average Bonchev–Trinajstić information content (AvgIpc) is 3.32. The van der Waals surface area contributed by atoms with Crippen LogP contribution in [-0.4, -0.2) is 42.9 Å². The quantitative estimate of drug-likeness (QED) is 0.472. The Morgan fingerprint density at radius 3 is 2.52 bits per heavy atom. The van der Waals surface area contributed by atoms with E-state index >= 15 is 0 Å². The van der Waals surface area contributed by atoms with E-state index in [1.807, 2.05) is 12.1 Å². The van der Waals surface area contributed by atoms with E-state index in [-0.39, 0.29) is 18.5 Å². The Balaban J connectivity index is 1.32. The zero-order valence-corrected chi connectivity index (χ0v) is 19.1. The normalized spacial score (nSPS) is 22.8. The predicted molar refractivity (Wildman–Crippen MR) is 133 cm³/mol. The summed E-state index contributed by atoms with van der Waals surface area (Å²) in [7, 11) is 0. The smallest absolute Gasteiger partial charge is 0.115 e. The largest absolute Gasteiger partial charge is 0.508 e. The molecule has 5 rings (SSSR count). The van der Waals surface area contributed by atoms with Crippen LogP contribution >= 0.6 is 0 Å². The van der Waals surface area contributed by atoms with Crippen molar-refractivity contribution in [1.29, 1.82) is 0 Å². The molecule has 3 atom stereocenters. The molecule has 3 aromatic rings. The summed E-state index contributed by atoms with van der Waals surface area (Å²) in [6.45, 7) is 3.52. The molecule has 1 aliphatic carbocycles. The topological polar surface area (TPSA) is 35.5 Å². The van der Waals surface area contributed by atoms with E-state index in [1.54, 1.807) is 0 Å². The second-order valence-corrected chi connectivity index (χ2v) is 9.58. The fourth-order valence-electron chi connectivity index (χ4n) is 5.69. The van der Waals surface area contributed by atoms with Crippen molar-refractivity contribution < 1.29 is 9.50 Å². The molecule has 0 amide bonds. The highest BCUT2D eigenvalue weighted by Gasteiger charge is 2.32. The molecule has 1 saturated heterocycles. The Bertz CT molecular complexity index is 1050. The van der Waals surface area contributed by atoms with Crippen molar-refractivity contribution in [3.8, 4) is 5.75 Å². The lowest BCUT2D eigenvalue weighted by molar-refractivity contribution is 0.311. The van der Waals surface area contributed by atoms with Gasteiger partial charge in [0.2, 0.25) is 0 Å². The summed E-state index contributed by atoms with van der Waals surface area (Å²) < 4.78 is 12.8. The maximum absolute atomic E-state index is 12.8. The first-order chi connectivity index (χ1) is 16.2. The highest BCUT2D eigenvalue weighted by Crippen LogP contribution is 2.47. The molecule has 0 aromatic heterocycles. The number of benzene rings is 3. The fourth-order valence-corrected chi connectivity index (χ4v) is 5.69. The number of phenolic OH excluding ortho intramolecular Hbond substituents is 1. The van der Waals surface area contributed by atoms with Gasteiger partial charge in [-0.05, 0) is 78.2 Å². The number of aryl methyl sites for hydroxylation is 1. The molecule has 3 aromatic carbocycles. The van der Waals surface area contributed by atoms with Crippen LogP contribution in [0.25, 0.3) is 0 Å². The van der Waals surface area contributed by atoms with Crippen LogP contribution in [0, 0.1) is 5.92 Å². The van der Waals surface area contributed by atoms with Gasteiger partial charge in [0, 0.05) is 37.2 Å². The Morgan fingerprint density at radius 1 is 0.939 bits per heavy atom. The van der Waals surface area contributed by atoms with Gasteiger partial charge in [0.25, 0.3) is 0 Å². The van der Waals surface area contributed by atoms with E-state index < -0.39 is 0 Å². The maximum atomic E-state index is 12.8. The first-order valence-electron chi connectivity index (χ1n) is 12.2. The van der Waals surface area contributed by atoms with Crippen LogP contribution in [0.2, 0.25) is 0 Å². The average molecular weight is 445 g/mol. The summed E-state index contributed by atoms with van der Waals surface area (Å²) in [5, 5.41) is 13.6. The SMILES string of the molecule is Oc1ccc2c(c1)CC[C@@H](c1ccccc1)[C@H]2c1ccc(NCCN2CCC(CF)C2)cc1. The molecule has 0 radical (unpaired) electrons.